The van der Waals surface area contributed by atoms with E-state index in [1.807, 2.05) is 56.1 Å². The first kappa shape index (κ1) is 15.0. The van der Waals surface area contributed by atoms with Crippen molar-refractivity contribution >= 4 is 17.5 Å². The maximum Gasteiger partial charge on any atom is 0.254 e. The zero-order valence-corrected chi connectivity index (χ0v) is 12.6. The lowest BCUT2D eigenvalue weighted by atomic mass is 10.2. The van der Waals surface area contributed by atoms with Crippen molar-refractivity contribution in [2.45, 2.75) is 26.3 Å². The van der Waals surface area contributed by atoms with Gasteiger partial charge in [0.25, 0.3) is 5.91 Å². The first-order valence-corrected chi connectivity index (χ1v) is 7.03. The Bertz CT molecular complexity index is 583. The molecule has 1 unspecified atom stereocenters. The van der Waals surface area contributed by atoms with Gasteiger partial charge >= 0.3 is 0 Å². The number of nitrogens with zero attached hydrogens (tertiary/aromatic N) is 3. The van der Waals surface area contributed by atoms with E-state index in [1.54, 1.807) is 12.4 Å². The highest BCUT2D eigenvalue weighted by Gasteiger charge is 2.11. The van der Waals surface area contributed by atoms with Crippen LogP contribution in [0.4, 0.5) is 11.6 Å². The fraction of sp³-hybridized carbons (Fsp3) is 0.312. The number of anilines is 2. The van der Waals surface area contributed by atoms with Crippen molar-refractivity contribution in [1.82, 2.24) is 15.3 Å². The van der Waals surface area contributed by atoms with Crippen molar-refractivity contribution in [3.05, 3.63) is 48.3 Å². The lowest BCUT2D eigenvalue weighted by molar-refractivity contribution is 0.0938. The first-order chi connectivity index (χ1) is 10.1. The van der Waals surface area contributed by atoms with Gasteiger partial charge in [0.15, 0.2) is 0 Å². The SMILES string of the molecule is CCC(C)NC(=O)c1cnc(N(C)c2ccccc2)nc1. The van der Waals surface area contributed by atoms with Gasteiger partial charge in [-0.3, -0.25) is 4.79 Å². The van der Waals surface area contributed by atoms with Crippen LogP contribution in [0.15, 0.2) is 42.7 Å². The second-order valence-corrected chi connectivity index (χ2v) is 4.95. The third-order valence-corrected chi connectivity index (χ3v) is 3.33. The van der Waals surface area contributed by atoms with Gasteiger partial charge in [-0.25, -0.2) is 9.97 Å². The van der Waals surface area contributed by atoms with Crippen molar-refractivity contribution in [1.29, 1.82) is 0 Å². The van der Waals surface area contributed by atoms with Crippen LogP contribution >= 0.6 is 0 Å². The van der Waals surface area contributed by atoms with E-state index >= 15 is 0 Å². The number of para-hydroxylation sites is 1. The average molecular weight is 284 g/mol. The predicted molar refractivity (Wildman–Crippen MR) is 83.8 cm³/mol. The second-order valence-electron chi connectivity index (χ2n) is 4.95. The van der Waals surface area contributed by atoms with Crippen molar-refractivity contribution < 1.29 is 4.79 Å². The van der Waals surface area contributed by atoms with E-state index in [0.29, 0.717) is 11.5 Å². The molecule has 2 rings (SSSR count). The number of aromatic nitrogens is 2. The average Bonchev–Trinajstić information content (AvgIpc) is 2.55. The van der Waals surface area contributed by atoms with Crippen LogP contribution in [0.1, 0.15) is 30.6 Å². The molecule has 1 heterocycles. The molecule has 0 saturated heterocycles. The first-order valence-electron chi connectivity index (χ1n) is 7.03. The summed E-state index contributed by atoms with van der Waals surface area (Å²) in [6, 6.07) is 9.98. The van der Waals surface area contributed by atoms with Crippen LogP contribution in [-0.2, 0) is 0 Å². The van der Waals surface area contributed by atoms with E-state index < -0.39 is 0 Å². The smallest absolute Gasteiger partial charge is 0.254 e. The molecule has 0 fully saturated rings. The van der Waals surface area contributed by atoms with E-state index in [2.05, 4.69) is 15.3 Å². The largest absolute Gasteiger partial charge is 0.350 e. The minimum Gasteiger partial charge on any atom is -0.350 e. The topological polar surface area (TPSA) is 58.1 Å². The molecule has 1 aromatic carbocycles. The summed E-state index contributed by atoms with van der Waals surface area (Å²) in [6.45, 7) is 4.00. The Morgan fingerprint density at radius 3 is 2.43 bits per heavy atom. The normalized spacial score (nSPS) is 11.8. The maximum atomic E-state index is 12.0. The van der Waals surface area contributed by atoms with Gasteiger partial charge in [0.1, 0.15) is 0 Å². The number of nitrogens with one attached hydrogen (secondary N) is 1. The highest BCUT2D eigenvalue weighted by Crippen LogP contribution is 2.18. The molecule has 110 valence electrons. The summed E-state index contributed by atoms with van der Waals surface area (Å²) in [7, 11) is 1.89. The fourth-order valence-electron chi connectivity index (χ4n) is 1.79. The molecule has 1 atom stereocenters. The molecule has 1 N–H and O–H groups in total. The number of carbonyl (C=O) groups is 1. The number of hydrogen-bond acceptors (Lipinski definition) is 4. The molecule has 5 heteroatoms. The Morgan fingerprint density at radius 1 is 1.24 bits per heavy atom. The molecule has 0 saturated carbocycles. The van der Waals surface area contributed by atoms with Gasteiger partial charge in [-0.2, -0.15) is 0 Å². The van der Waals surface area contributed by atoms with Gasteiger partial charge in [0.2, 0.25) is 5.95 Å². The lowest BCUT2D eigenvalue weighted by Gasteiger charge is -2.17. The van der Waals surface area contributed by atoms with Crippen molar-refractivity contribution in [3.63, 3.8) is 0 Å². The number of benzene rings is 1. The second kappa shape index (κ2) is 6.83. The molecular weight excluding hydrogens is 264 g/mol. The van der Waals surface area contributed by atoms with E-state index in [4.69, 9.17) is 0 Å². The maximum absolute atomic E-state index is 12.0. The van der Waals surface area contributed by atoms with Crippen LogP contribution in [-0.4, -0.2) is 29.0 Å². The van der Waals surface area contributed by atoms with Crippen LogP contribution in [0, 0.1) is 0 Å². The monoisotopic (exact) mass is 284 g/mol. The minimum atomic E-state index is -0.140. The summed E-state index contributed by atoms with van der Waals surface area (Å²) < 4.78 is 0. The number of rotatable bonds is 5. The van der Waals surface area contributed by atoms with Crippen LogP contribution in [0.5, 0.6) is 0 Å². The lowest BCUT2D eigenvalue weighted by Crippen LogP contribution is -2.32. The van der Waals surface area contributed by atoms with Gasteiger partial charge in [0.05, 0.1) is 5.56 Å². The third kappa shape index (κ3) is 3.78. The summed E-state index contributed by atoms with van der Waals surface area (Å²) in [5.41, 5.74) is 1.47. The Hall–Kier alpha value is -2.43. The van der Waals surface area contributed by atoms with Gasteiger partial charge in [-0.15, -0.1) is 0 Å². The van der Waals surface area contributed by atoms with E-state index in [-0.39, 0.29) is 11.9 Å². The summed E-state index contributed by atoms with van der Waals surface area (Å²) in [5, 5.41) is 2.89. The van der Waals surface area contributed by atoms with Crippen LogP contribution in [0.3, 0.4) is 0 Å². The summed E-state index contributed by atoms with van der Waals surface area (Å²) in [4.78, 5) is 22.4. The zero-order chi connectivity index (χ0) is 15.2. The van der Waals surface area contributed by atoms with Crippen molar-refractivity contribution in [2.75, 3.05) is 11.9 Å². The van der Waals surface area contributed by atoms with Crippen molar-refractivity contribution in [3.8, 4) is 0 Å². The minimum absolute atomic E-state index is 0.140. The Labute approximate surface area is 125 Å². The van der Waals surface area contributed by atoms with E-state index in [9.17, 15) is 4.79 Å². The molecule has 2 aromatic rings. The number of hydrogen-bond donors (Lipinski definition) is 1. The van der Waals surface area contributed by atoms with Gasteiger partial charge in [-0.1, -0.05) is 25.1 Å². The van der Waals surface area contributed by atoms with Crippen molar-refractivity contribution in [2.24, 2.45) is 0 Å². The third-order valence-electron chi connectivity index (χ3n) is 3.33. The number of amides is 1. The molecule has 5 nitrogen and oxygen atoms in total. The number of carbonyl (C=O) groups excluding carboxylic acids is 1. The van der Waals surface area contributed by atoms with Gasteiger partial charge in [-0.05, 0) is 25.5 Å². The Morgan fingerprint density at radius 2 is 1.86 bits per heavy atom. The molecule has 0 aliphatic rings. The molecule has 1 amide bonds. The van der Waals surface area contributed by atoms with Gasteiger partial charge < -0.3 is 10.2 Å². The van der Waals surface area contributed by atoms with Crippen LogP contribution < -0.4 is 10.2 Å². The summed E-state index contributed by atoms with van der Waals surface area (Å²) in [6.07, 6.45) is 4.00. The summed E-state index contributed by atoms with van der Waals surface area (Å²) in [5.74, 6) is 0.416. The molecular formula is C16H20N4O. The van der Waals surface area contributed by atoms with Gasteiger partial charge in [0, 0.05) is 31.2 Å². The highest BCUT2D eigenvalue weighted by atomic mass is 16.1. The molecule has 21 heavy (non-hydrogen) atoms. The fourth-order valence-corrected chi connectivity index (χ4v) is 1.79. The van der Waals surface area contributed by atoms with E-state index in [1.165, 1.54) is 0 Å². The summed E-state index contributed by atoms with van der Waals surface area (Å²) >= 11 is 0. The quantitative estimate of drug-likeness (QED) is 0.917. The standard InChI is InChI=1S/C16H20N4O/c1-4-12(2)19-15(21)13-10-17-16(18-11-13)20(3)14-8-6-5-7-9-14/h5-12H,4H2,1-3H3,(H,19,21). The predicted octanol–water partition coefficient (Wildman–Crippen LogP) is 2.77. The Balaban J connectivity index is 2.10. The highest BCUT2D eigenvalue weighted by molar-refractivity contribution is 5.93. The van der Waals surface area contributed by atoms with Crippen LogP contribution in [0.2, 0.25) is 0 Å². The molecule has 0 spiro atoms. The van der Waals surface area contributed by atoms with Crippen LogP contribution in [0.25, 0.3) is 0 Å². The molecule has 1 aromatic heterocycles. The van der Waals surface area contributed by atoms with E-state index in [0.717, 1.165) is 12.1 Å². The molecule has 0 radical (unpaired) electrons. The molecule has 0 aliphatic heterocycles. The Kier molecular flexibility index (Phi) is 4.87. The molecule has 0 bridgehead atoms. The molecule has 0 aliphatic carbocycles. The zero-order valence-electron chi connectivity index (χ0n) is 12.6.